The van der Waals surface area contributed by atoms with Gasteiger partial charge in [0.1, 0.15) is 5.75 Å². The van der Waals surface area contributed by atoms with Crippen LogP contribution in [0.1, 0.15) is 39.0 Å². The average Bonchev–Trinajstić information content (AvgIpc) is 3.80. The first-order valence-electron chi connectivity index (χ1n) is 14.3. The van der Waals surface area contributed by atoms with Gasteiger partial charge in [-0.1, -0.05) is 0 Å². The van der Waals surface area contributed by atoms with Crippen LogP contribution in [0.3, 0.4) is 0 Å². The van der Waals surface area contributed by atoms with Crippen molar-refractivity contribution in [2.45, 2.75) is 12.0 Å². The molecule has 1 aromatic heterocycles. The number of carbonyl (C=O) groups excluding carboxylic acids is 3. The predicted molar refractivity (Wildman–Crippen MR) is 159 cm³/mol. The summed E-state index contributed by atoms with van der Waals surface area (Å²) in [4.78, 5) is 43.8. The first-order chi connectivity index (χ1) is 21.9. The van der Waals surface area contributed by atoms with Gasteiger partial charge in [0, 0.05) is 28.9 Å². The Morgan fingerprint density at radius 1 is 0.867 bits per heavy atom. The summed E-state index contributed by atoms with van der Waals surface area (Å²) in [5, 5.41) is 3.50. The molecule has 0 saturated carbocycles. The summed E-state index contributed by atoms with van der Waals surface area (Å²) in [6.45, 7) is 0.0727. The number of methoxy groups -OCH3 is 4. The quantitative estimate of drug-likeness (QED) is 0.170. The van der Waals surface area contributed by atoms with Crippen molar-refractivity contribution in [2.75, 3.05) is 41.8 Å². The second-order valence-electron chi connectivity index (χ2n) is 11.0. The van der Waals surface area contributed by atoms with E-state index in [-0.39, 0.29) is 19.0 Å². The molecule has 12 heteroatoms. The number of amides is 1. The van der Waals surface area contributed by atoms with Gasteiger partial charge in [-0.15, -0.1) is 0 Å². The van der Waals surface area contributed by atoms with E-state index in [1.54, 1.807) is 36.4 Å². The van der Waals surface area contributed by atoms with Gasteiger partial charge in [0.15, 0.2) is 23.0 Å². The Labute approximate surface area is 257 Å². The van der Waals surface area contributed by atoms with Crippen LogP contribution < -0.4 is 33.7 Å². The fraction of sp³-hybridized carbons (Fsp3) is 0.303. The second-order valence-corrected chi connectivity index (χ2v) is 11.0. The number of ether oxygens (including phenoxy) is 7. The zero-order valence-electron chi connectivity index (χ0n) is 24.9. The van der Waals surface area contributed by atoms with Gasteiger partial charge in [0.05, 0.1) is 52.6 Å². The zero-order valence-corrected chi connectivity index (χ0v) is 24.9. The number of aromatic amines is 1. The molecule has 1 fully saturated rings. The van der Waals surface area contributed by atoms with Crippen molar-refractivity contribution in [1.29, 1.82) is 0 Å². The van der Waals surface area contributed by atoms with E-state index < -0.39 is 41.5 Å². The molecule has 3 aromatic carbocycles. The van der Waals surface area contributed by atoms with Crippen LogP contribution in [-0.2, 0) is 14.3 Å². The number of rotatable bonds is 8. The standard InChI is InChI=1S/C33H30N2O10/c1-39-16-5-6-22-17(9-16)20(12-34-22)30(36)32(37)35-29-19-11-24-23(44-14-45-24)10-18(19)27(28-21(29)13-43-33(28)38)15-7-25(40-2)31(42-4)26(8-15)41-3/h5-12,21,27-29,34H,13-14H2,1-4H3,(H,35,37)/t21-,27+,28-,29+/m0/s1. The van der Waals surface area contributed by atoms with Gasteiger partial charge < -0.3 is 43.5 Å². The van der Waals surface area contributed by atoms with Gasteiger partial charge in [-0.3, -0.25) is 14.4 Å². The van der Waals surface area contributed by atoms with Crippen LogP contribution in [0.2, 0.25) is 0 Å². The molecule has 1 aliphatic carbocycles. The van der Waals surface area contributed by atoms with E-state index in [0.717, 1.165) is 0 Å². The van der Waals surface area contributed by atoms with Gasteiger partial charge in [0.2, 0.25) is 12.5 Å². The minimum Gasteiger partial charge on any atom is -0.497 e. The lowest BCUT2D eigenvalue weighted by molar-refractivity contribution is -0.141. The summed E-state index contributed by atoms with van der Waals surface area (Å²) in [6, 6.07) is 11.7. The highest BCUT2D eigenvalue weighted by atomic mass is 16.7. The maximum Gasteiger partial charge on any atom is 0.310 e. The summed E-state index contributed by atoms with van der Waals surface area (Å²) >= 11 is 0. The monoisotopic (exact) mass is 614 g/mol. The van der Waals surface area contributed by atoms with E-state index in [0.29, 0.717) is 62.1 Å². The van der Waals surface area contributed by atoms with E-state index in [1.807, 2.05) is 6.07 Å². The molecule has 0 bridgehead atoms. The number of hydrogen-bond donors (Lipinski definition) is 2. The maximum absolute atomic E-state index is 13.7. The van der Waals surface area contributed by atoms with Crippen LogP contribution in [0, 0.1) is 11.8 Å². The molecule has 12 nitrogen and oxygen atoms in total. The Bertz CT molecular complexity index is 1840. The van der Waals surface area contributed by atoms with Crippen LogP contribution in [0.15, 0.2) is 48.7 Å². The van der Waals surface area contributed by atoms with Crippen molar-refractivity contribution in [3.05, 3.63) is 70.9 Å². The van der Waals surface area contributed by atoms with Crippen LogP contribution in [0.25, 0.3) is 10.9 Å². The third-order valence-electron chi connectivity index (χ3n) is 8.86. The first kappa shape index (κ1) is 28.4. The van der Waals surface area contributed by atoms with Crippen molar-refractivity contribution >= 4 is 28.6 Å². The molecule has 7 rings (SSSR count). The van der Waals surface area contributed by atoms with Gasteiger partial charge in [-0.2, -0.15) is 0 Å². The summed E-state index contributed by atoms with van der Waals surface area (Å²) in [6.07, 6.45) is 1.50. The highest BCUT2D eigenvalue weighted by molar-refractivity contribution is 6.45. The van der Waals surface area contributed by atoms with Gasteiger partial charge in [-0.25, -0.2) is 0 Å². The average molecular weight is 615 g/mol. The lowest BCUT2D eigenvalue weighted by Crippen LogP contribution is -2.44. The number of fused-ring (bicyclic) bond motifs is 4. The summed E-state index contributed by atoms with van der Waals surface area (Å²) in [7, 11) is 6.09. The Kier molecular flexibility index (Phi) is 6.91. The molecular formula is C33H30N2O10. The minimum atomic E-state index is -0.823. The molecule has 0 unspecified atom stereocenters. The fourth-order valence-corrected chi connectivity index (χ4v) is 6.77. The second kappa shape index (κ2) is 11.0. The van der Waals surface area contributed by atoms with Crippen molar-refractivity contribution in [2.24, 2.45) is 11.8 Å². The number of esters is 1. The van der Waals surface area contributed by atoms with E-state index in [9.17, 15) is 14.4 Å². The summed E-state index contributed by atoms with van der Waals surface area (Å²) < 4.78 is 39.1. The maximum atomic E-state index is 13.7. The van der Waals surface area contributed by atoms with E-state index in [1.165, 1.54) is 34.6 Å². The smallest absolute Gasteiger partial charge is 0.310 e. The normalized spacial score (nSPS) is 21.0. The van der Waals surface area contributed by atoms with Gasteiger partial charge in [0.25, 0.3) is 11.7 Å². The number of nitrogens with one attached hydrogen (secondary N) is 2. The molecule has 232 valence electrons. The van der Waals surface area contributed by atoms with Crippen LogP contribution in [-0.4, -0.2) is 64.5 Å². The zero-order chi connectivity index (χ0) is 31.4. The number of hydrogen-bond acceptors (Lipinski definition) is 10. The van der Waals surface area contributed by atoms with Crippen molar-refractivity contribution < 1.29 is 47.5 Å². The topological polar surface area (TPSA) is 144 Å². The molecule has 3 aliphatic rings. The largest absolute Gasteiger partial charge is 0.497 e. The molecule has 4 atom stereocenters. The third kappa shape index (κ3) is 4.47. The first-order valence-corrected chi connectivity index (χ1v) is 14.3. The lowest BCUT2D eigenvalue weighted by Gasteiger charge is -2.39. The highest BCUT2D eigenvalue weighted by Crippen LogP contribution is 2.55. The number of carbonyl (C=O) groups is 3. The van der Waals surface area contributed by atoms with Crippen molar-refractivity contribution in [1.82, 2.24) is 10.3 Å². The Hall–Kier alpha value is -5.39. The number of H-pyrrole nitrogens is 1. The minimum absolute atomic E-state index is 0.0293. The third-order valence-corrected chi connectivity index (χ3v) is 8.86. The number of aromatic nitrogens is 1. The number of ketones is 1. The Morgan fingerprint density at radius 3 is 2.24 bits per heavy atom. The summed E-state index contributed by atoms with van der Waals surface area (Å²) in [5.74, 6) is -0.910. The van der Waals surface area contributed by atoms with E-state index in [4.69, 9.17) is 33.2 Å². The molecule has 45 heavy (non-hydrogen) atoms. The van der Waals surface area contributed by atoms with Crippen LogP contribution in [0.4, 0.5) is 0 Å². The molecular weight excluding hydrogens is 584 g/mol. The van der Waals surface area contributed by atoms with E-state index >= 15 is 0 Å². The molecule has 1 amide bonds. The molecule has 2 N–H and O–H groups in total. The van der Waals surface area contributed by atoms with Gasteiger partial charge in [-0.05, 0) is 59.2 Å². The molecule has 3 heterocycles. The Balaban J connectivity index is 1.33. The molecule has 2 aliphatic heterocycles. The molecule has 1 saturated heterocycles. The number of Topliss-reactive ketones (excluding diaryl/α,β-unsaturated/α-hetero) is 1. The number of cyclic esters (lactones) is 1. The Morgan fingerprint density at radius 2 is 1.58 bits per heavy atom. The SMILES string of the molecule is COc1ccc2[nH]cc(C(=O)C(=O)N[C@@H]3c4cc5c(cc4[C@@H](c4cc(OC)c(OC)c(OC)c4)[C@H]4C(=O)OC[C@@H]43)OCO5)c2c1. The highest BCUT2D eigenvalue weighted by Gasteiger charge is 2.53. The lowest BCUT2D eigenvalue weighted by atomic mass is 9.65. The van der Waals surface area contributed by atoms with E-state index in [2.05, 4.69) is 10.3 Å². The predicted octanol–water partition coefficient (Wildman–Crippen LogP) is 3.91. The summed E-state index contributed by atoms with van der Waals surface area (Å²) in [5.41, 5.74) is 2.99. The number of benzene rings is 3. The molecule has 0 radical (unpaired) electrons. The van der Waals surface area contributed by atoms with Crippen LogP contribution in [0.5, 0.6) is 34.5 Å². The molecule has 4 aromatic rings. The van der Waals surface area contributed by atoms with Gasteiger partial charge >= 0.3 is 5.97 Å². The molecule has 0 spiro atoms. The van der Waals surface area contributed by atoms with Crippen molar-refractivity contribution in [3.8, 4) is 34.5 Å². The van der Waals surface area contributed by atoms with Crippen LogP contribution >= 0.6 is 0 Å². The van der Waals surface area contributed by atoms with Crippen molar-refractivity contribution in [3.63, 3.8) is 0 Å². The fourth-order valence-electron chi connectivity index (χ4n) is 6.77.